The molecule has 7 nitrogen and oxygen atoms in total. The zero-order chi connectivity index (χ0) is 17.2. The van der Waals surface area contributed by atoms with Crippen LogP contribution in [-0.2, 0) is 14.8 Å². The van der Waals surface area contributed by atoms with E-state index in [-0.39, 0.29) is 24.0 Å². The molecule has 23 heavy (non-hydrogen) atoms. The van der Waals surface area contributed by atoms with Gasteiger partial charge in [-0.05, 0) is 37.1 Å². The zero-order valence-electron chi connectivity index (χ0n) is 13.1. The number of aromatic hydroxyl groups is 1. The summed E-state index contributed by atoms with van der Waals surface area (Å²) in [5, 5.41) is 9.22. The van der Waals surface area contributed by atoms with Crippen LogP contribution in [0.3, 0.4) is 0 Å². The first-order valence-corrected chi connectivity index (χ1v) is 9.09. The summed E-state index contributed by atoms with van der Waals surface area (Å²) in [5.41, 5.74) is 0.383. The predicted octanol–water partition coefficient (Wildman–Crippen LogP) is 0.457. The number of phenolic OH excluding ortho intramolecular Hbond substituents is 1. The predicted molar refractivity (Wildman–Crippen MR) is 84.6 cm³/mol. The molecule has 2 rings (SSSR count). The van der Waals surface area contributed by atoms with Gasteiger partial charge in [-0.1, -0.05) is 0 Å². The van der Waals surface area contributed by atoms with Crippen molar-refractivity contribution in [1.29, 1.82) is 0 Å². The highest BCUT2D eigenvalue weighted by molar-refractivity contribution is 7.88. The van der Waals surface area contributed by atoms with E-state index in [1.165, 1.54) is 40.5 Å². The van der Waals surface area contributed by atoms with E-state index in [4.69, 9.17) is 0 Å². The number of rotatable bonds is 5. The maximum Gasteiger partial charge on any atom is 0.241 e. The molecule has 1 heterocycles. The van der Waals surface area contributed by atoms with Gasteiger partial charge in [-0.25, -0.2) is 8.42 Å². The number of carbonyl (C=O) groups excluding carboxylic acids is 2. The molecule has 0 spiro atoms. The largest absolute Gasteiger partial charge is 0.508 e. The number of hydrogen-bond donors (Lipinski definition) is 1. The highest BCUT2D eigenvalue weighted by Crippen LogP contribution is 2.22. The Bertz CT molecular complexity index is 699. The maximum atomic E-state index is 12.5. The average Bonchev–Trinajstić information content (AvgIpc) is 2.96. The van der Waals surface area contributed by atoms with Crippen molar-refractivity contribution in [3.05, 3.63) is 29.8 Å². The number of ketones is 1. The number of Topliss-reactive ketones (excluding diaryl/α,β-unsaturated/α-hetero) is 1. The van der Waals surface area contributed by atoms with Gasteiger partial charge >= 0.3 is 0 Å². The minimum atomic E-state index is -3.44. The van der Waals surface area contributed by atoms with E-state index in [9.17, 15) is 23.1 Å². The molecule has 0 unspecified atom stereocenters. The van der Waals surface area contributed by atoms with Crippen LogP contribution in [0.1, 0.15) is 23.2 Å². The van der Waals surface area contributed by atoms with Crippen LogP contribution in [0.5, 0.6) is 5.75 Å². The standard InChI is InChI=1S/C15H20N2O5S/c1-16(10-14(19)11-5-7-12(18)8-6-11)15(20)13-4-3-9-17(13)23(2,21)22/h5-8,13,18H,3-4,9-10H2,1-2H3/t13-/m0/s1. The smallest absolute Gasteiger partial charge is 0.241 e. The Labute approximate surface area is 135 Å². The van der Waals surface area contributed by atoms with Gasteiger partial charge in [0.15, 0.2) is 5.78 Å². The van der Waals surface area contributed by atoms with Crippen LogP contribution in [0.25, 0.3) is 0 Å². The van der Waals surface area contributed by atoms with Gasteiger partial charge in [-0.15, -0.1) is 0 Å². The van der Waals surface area contributed by atoms with Crippen molar-refractivity contribution in [2.75, 3.05) is 26.4 Å². The Balaban J connectivity index is 2.05. The molecule has 1 saturated heterocycles. The summed E-state index contributed by atoms with van der Waals surface area (Å²) >= 11 is 0. The molecule has 126 valence electrons. The summed E-state index contributed by atoms with van der Waals surface area (Å²) in [7, 11) is -1.96. The summed E-state index contributed by atoms with van der Waals surface area (Å²) in [6.45, 7) is 0.187. The Morgan fingerprint density at radius 3 is 2.48 bits per heavy atom. The first kappa shape index (κ1) is 17.4. The van der Waals surface area contributed by atoms with Crippen molar-refractivity contribution in [3.8, 4) is 5.75 Å². The maximum absolute atomic E-state index is 12.5. The highest BCUT2D eigenvalue weighted by Gasteiger charge is 2.38. The van der Waals surface area contributed by atoms with Crippen LogP contribution in [0.4, 0.5) is 0 Å². The average molecular weight is 340 g/mol. The molecule has 1 aliphatic heterocycles. The summed E-state index contributed by atoms with van der Waals surface area (Å²) < 4.78 is 24.6. The topological polar surface area (TPSA) is 95.0 Å². The summed E-state index contributed by atoms with van der Waals surface area (Å²) in [6.07, 6.45) is 2.17. The lowest BCUT2D eigenvalue weighted by Crippen LogP contribution is -2.47. The third-order valence-corrected chi connectivity index (χ3v) is 5.15. The molecule has 1 fully saturated rings. The molecule has 1 aromatic carbocycles. The number of amides is 1. The minimum Gasteiger partial charge on any atom is -0.508 e. The number of benzene rings is 1. The van der Waals surface area contributed by atoms with Crippen molar-refractivity contribution in [2.45, 2.75) is 18.9 Å². The molecule has 0 aromatic heterocycles. The monoisotopic (exact) mass is 340 g/mol. The molecule has 1 aliphatic rings. The fourth-order valence-electron chi connectivity index (χ4n) is 2.67. The fourth-order valence-corrected chi connectivity index (χ4v) is 3.79. The normalized spacial score (nSPS) is 18.8. The SMILES string of the molecule is CN(CC(=O)c1ccc(O)cc1)C(=O)[C@@H]1CCCN1S(C)(=O)=O. The fraction of sp³-hybridized carbons (Fsp3) is 0.467. The van der Waals surface area contributed by atoms with Gasteiger partial charge in [-0.3, -0.25) is 9.59 Å². The van der Waals surface area contributed by atoms with Crippen LogP contribution >= 0.6 is 0 Å². The number of hydrogen-bond acceptors (Lipinski definition) is 5. The molecule has 1 atom stereocenters. The Kier molecular flexibility index (Phi) is 5.06. The van der Waals surface area contributed by atoms with Crippen LogP contribution in [-0.4, -0.2) is 66.9 Å². The number of phenols is 1. The second kappa shape index (κ2) is 6.67. The summed E-state index contributed by atoms with van der Waals surface area (Å²) in [5.74, 6) is -0.592. The molecule has 1 N–H and O–H groups in total. The van der Waals surface area contributed by atoms with Crippen LogP contribution in [0.15, 0.2) is 24.3 Å². The van der Waals surface area contributed by atoms with Crippen molar-refractivity contribution in [2.24, 2.45) is 0 Å². The highest BCUT2D eigenvalue weighted by atomic mass is 32.2. The first-order chi connectivity index (χ1) is 10.7. The third-order valence-electron chi connectivity index (χ3n) is 3.86. The second-order valence-electron chi connectivity index (χ2n) is 5.70. The second-order valence-corrected chi connectivity index (χ2v) is 7.63. The molecule has 8 heteroatoms. The van der Waals surface area contributed by atoms with E-state index < -0.39 is 16.1 Å². The Morgan fingerprint density at radius 1 is 1.30 bits per heavy atom. The van der Waals surface area contributed by atoms with Gasteiger partial charge in [0.25, 0.3) is 0 Å². The van der Waals surface area contributed by atoms with E-state index in [0.29, 0.717) is 24.9 Å². The van der Waals surface area contributed by atoms with Gasteiger partial charge in [0, 0.05) is 19.2 Å². The minimum absolute atomic E-state index is 0.0562. The summed E-state index contributed by atoms with van der Waals surface area (Å²) in [4.78, 5) is 25.9. The van der Waals surface area contributed by atoms with Crippen LogP contribution < -0.4 is 0 Å². The van der Waals surface area contributed by atoms with E-state index in [1.54, 1.807) is 0 Å². The number of sulfonamides is 1. The zero-order valence-corrected chi connectivity index (χ0v) is 13.9. The molecule has 0 aliphatic carbocycles. The van der Waals surface area contributed by atoms with Gasteiger partial charge < -0.3 is 10.0 Å². The molecular formula is C15H20N2O5S. The lowest BCUT2D eigenvalue weighted by Gasteiger charge is -2.26. The van der Waals surface area contributed by atoms with E-state index in [1.807, 2.05) is 0 Å². The van der Waals surface area contributed by atoms with Crippen molar-refractivity contribution in [1.82, 2.24) is 9.21 Å². The molecule has 1 aromatic rings. The van der Waals surface area contributed by atoms with Crippen LogP contribution in [0.2, 0.25) is 0 Å². The summed E-state index contributed by atoms with van der Waals surface area (Å²) in [6, 6.07) is 5.03. The van der Waals surface area contributed by atoms with Gasteiger partial charge in [-0.2, -0.15) is 4.31 Å². The van der Waals surface area contributed by atoms with E-state index in [2.05, 4.69) is 0 Å². The molecule has 0 saturated carbocycles. The lowest BCUT2D eigenvalue weighted by molar-refractivity contribution is -0.132. The van der Waals surface area contributed by atoms with E-state index in [0.717, 1.165) is 6.26 Å². The first-order valence-electron chi connectivity index (χ1n) is 7.24. The lowest BCUT2D eigenvalue weighted by atomic mass is 10.1. The molecule has 0 bridgehead atoms. The van der Waals surface area contributed by atoms with Gasteiger partial charge in [0.05, 0.1) is 12.8 Å². The third kappa shape index (κ3) is 4.08. The Morgan fingerprint density at radius 2 is 1.91 bits per heavy atom. The van der Waals surface area contributed by atoms with Crippen molar-refractivity contribution < 1.29 is 23.1 Å². The van der Waals surface area contributed by atoms with E-state index >= 15 is 0 Å². The number of carbonyl (C=O) groups is 2. The van der Waals surface area contributed by atoms with Gasteiger partial charge in [0.2, 0.25) is 15.9 Å². The number of likely N-dealkylation sites (N-methyl/N-ethyl adjacent to an activating group) is 1. The molecule has 1 amide bonds. The molecular weight excluding hydrogens is 320 g/mol. The van der Waals surface area contributed by atoms with Crippen molar-refractivity contribution >= 4 is 21.7 Å². The quantitative estimate of drug-likeness (QED) is 0.786. The van der Waals surface area contributed by atoms with Crippen LogP contribution in [0, 0.1) is 0 Å². The van der Waals surface area contributed by atoms with Gasteiger partial charge in [0.1, 0.15) is 11.8 Å². The van der Waals surface area contributed by atoms with Crippen molar-refractivity contribution in [3.63, 3.8) is 0 Å². The number of nitrogens with zero attached hydrogens (tertiary/aromatic N) is 2. The molecule has 0 radical (unpaired) electrons. The Hall–Kier alpha value is -1.93.